The van der Waals surface area contributed by atoms with Gasteiger partial charge in [-0.25, -0.2) is 4.98 Å². The molecule has 3 heteroatoms. The lowest BCUT2D eigenvalue weighted by Crippen LogP contribution is -1.92. The van der Waals surface area contributed by atoms with Crippen LogP contribution in [0.3, 0.4) is 0 Å². The fourth-order valence-corrected chi connectivity index (χ4v) is 2.58. The highest BCUT2D eigenvalue weighted by molar-refractivity contribution is 5.90. The molecule has 0 aliphatic heterocycles. The van der Waals surface area contributed by atoms with Crippen LogP contribution >= 0.6 is 0 Å². The predicted octanol–water partition coefficient (Wildman–Crippen LogP) is 4.48. The van der Waals surface area contributed by atoms with E-state index in [1.807, 2.05) is 42.5 Å². The molecule has 0 fully saturated rings. The predicted molar refractivity (Wildman–Crippen MR) is 86.5 cm³/mol. The van der Waals surface area contributed by atoms with E-state index in [9.17, 15) is 0 Å². The molecule has 0 bridgehead atoms. The van der Waals surface area contributed by atoms with Crippen LogP contribution in [-0.4, -0.2) is 9.97 Å². The number of benzene rings is 1. The SMILES string of the molecule is c1ccc(-c2coc3ccc(Cc4ccncc4)nc23)cc1. The standard InChI is InChI=1S/C19H14N2O/c1-2-4-15(5-3-1)17-13-22-18-7-6-16(21-19(17)18)12-14-8-10-20-11-9-14/h1-11,13H,12H2. The average Bonchev–Trinajstić information content (AvgIpc) is 3.00. The van der Waals surface area contributed by atoms with Crippen LogP contribution in [-0.2, 0) is 6.42 Å². The van der Waals surface area contributed by atoms with Crippen molar-refractivity contribution in [1.29, 1.82) is 0 Å². The topological polar surface area (TPSA) is 38.9 Å². The van der Waals surface area contributed by atoms with Crippen molar-refractivity contribution in [2.75, 3.05) is 0 Å². The molecule has 3 heterocycles. The fraction of sp³-hybridized carbons (Fsp3) is 0.0526. The van der Waals surface area contributed by atoms with Crippen molar-refractivity contribution in [1.82, 2.24) is 9.97 Å². The number of hydrogen-bond donors (Lipinski definition) is 0. The van der Waals surface area contributed by atoms with Crippen molar-refractivity contribution in [3.05, 3.63) is 84.5 Å². The van der Waals surface area contributed by atoms with Gasteiger partial charge in [-0.05, 0) is 35.4 Å². The smallest absolute Gasteiger partial charge is 0.152 e. The van der Waals surface area contributed by atoms with Gasteiger partial charge in [0, 0.05) is 30.1 Å². The molecule has 22 heavy (non-hydrogen) atoms. The number of pyridine rings is 2. The molecule has 0 saturated heterocycles. The molecule has 0 aliphatic rings. The lowest BCUT2D eigenvalue weighted by molar-refractivity contribution is 0.616. The number of furan rings is 1. The highest BCUT2D eigenvalue weighted by Gasteiger charge is 2.10. The maximum Gasteiger partial charge on any atom is 0.152 e. The summed E-state index contributed by atoms with van der Waals surface area (Å²) < 4.78 is 5.64. The first-order valence-electron chi connectivity index (χ1n) is 7.21. The lowest BCUT2D eigenvalue weighted by atomic mass is 10.1. The summed E-state index contributed by atoms with van der Waals surface area (Å²) in [5, 5.41) is 0. The van der Waals surface area contributed by atoms with Gasteiger partial charge in [0.1, 0.15) is 11.8 Å². The Hall–Kier alpha value is -2.94. The summed E-state index contributed by atoms with van der Waals surface area (Å²) in [4.78, 5) is 8.84. The van der Waals surface area contributed by atoms with Crippen molar-refractivity contribution in [2.24, 2.45) is 0 Å². The van der Waals surface area contributed by atoms with Gasteiger partial charge >= 0.3 is 0 Å². The molecule has 0 radical (unpaired) electrons. The molecule has 0 atom stereocenters. The first-order valence-corrected chi connectivity index (χ1v) is 7.21. The molecule has 0 N–H and O–H groups in total. The maximum absolute atomic E-state index is 5.64. The van der Waals surface area contributed by atoms with Gasteiger partial charge in [0.15, 0.2) is 5.58 Å². The third-order valence-electron chi connectivity index (χ3n) is 3.69. The lowest BCUT2D eigenvalue weighted by Gasteiger charge is -2.02. The van der Waals surface area contributed by atoms with E-state index in [-0.39, 0.29) is 0 Å². The van der Waals surface area contributed by atoms with E-state index in [4.69, 9.17) is 9.40 Å². The van der Waals surface area contributed by atoms with E-state index in [0.29, 0.717) is 0 Å². The van der Waals surface area contributed by atoms with Crippen LogP contribution in [0.2, 0.25) is 0 Å². The van der Waals surface area contributed by atoms with E-state index in [0.717, 1.165) is 34.3 Å². The van der Waals surface area contributed by atoms with Gasteiger partial charge in [0.25, 0.3) is 0 Å². The second kappa shape index (κ2) is 5.45. The molecule has 0 spiro atoms. The highest BCUT2D eigenvalue weighted by atomic mass is 16.3. The Balaban J connectivity index is 1.77. The van der Waals surface area contributed by atoms with Gasteiger partial charge < -0.3 is 4.42 Å². The van der Waals surface area contributed by atoms with E-state index in [1.54, 1.807) is 18.7 Å². The number of nitrogens with zero attached hydrogens (tertiary/aromatic N) is 2. The largest absolute Gasteiger partial charge is 0.462 e. The number of rotatable bonds is 3. The summed E-state index contributed by atoms with van der Waals surface area (Å²) >= 11 is 0. The number of fused-ring (bicyclic) bond motifs is 1. The zero-order valence-electron chi connectivity index (χ0n) is 11.9. The van der Waals surface area contributed by atoms with Crippen LogP contribution < -0.4 is 0 Å². The van der Waals surface area contributed by atoms with Gasteiger partial charge in [0.2, 0.25) is 0 Å². The first-order chi connectivity index (χ1) is 10.9. The van der Waals surface area contributed by atoms with Crippen LogP contribution in [0.25, 0.3) is 22.2 Å². The Labute approximate surface area is 128 Å². The van der Waals surface area contributed by atoms with E-state index < -0.39 is 0 Å². The first kappa shape index (κ1) is 12.8. The van der Waals surface area contributed by atoms with Crippen LogP contribution in [0.4, 0.5) is 0 Å². The molecule has 0 saturated carbocycles. The molecular formula is C19H14N2O. The van der Waals surface area contributed by atoms with Crippen molar-refractivity contribution >= 4 is 11.1 Å². The molecule has 0 unspecified atom stereocenters. The minimum absolute atomic E-state index is 0.790. The van der Waals surface area contributed by atoms with E-state index in [2.05, 4.69) is 17.1 Å². The Kier molecular flexibility index (Phi) is 3.16. The Morgan fingerprint density at radius 3 is 2.50 bits per heavy atom. The third-order valence-corrected chi connectivity index (χ3v) is 3.69. The second-order valence-electron chi connectivity index (χ2n) is 5.20. The van der Waals surface area contributed by atoms with Crippen molar-refractivity contribution in [2.45, 2.75) is 6.42 Å². The second-order valence-corrected chi connectivity index (χ2v) is 5.20. The van der Waals surface area contributed by atoms with Crippen LogP contribution in [0.5, 0.6) is 0 Å². The molecule has 3 nitrogen and oxygen atoms in total. The Bertz CT molecular complexity index is 899. The normalized spacial score (nSPS) is 10.9. The minimum Gasteiger partial charge on any atom is -0.462 e. The zero-order chi connectivity index (χ0) is 14.8. The summed E-state index contributed by atoms with van der Waals surface area (Å²) in [6.45, 7) is 0. The van der Waals surface area contributed by atoms with Gasteiger partial charge in [-0.2, -0.15) is 0 Å². The van der Waals surface area contributed by atoms with Crippen molar-refractivity contribution < 1.29 is 4.42 Å². The van der Waals surface area contributed by atoms with Crippen molar-refractivity contribution in [3.63, 3.8) is 0 Å². The molecule has 106 valence electrons. The van der Waals surface area contributed by atoms with Gasteiger partial charge in [0.05, 0.1) is 0 Å². The Morgan fingerprint density at radius 2 is 1.68 bits per heavy atom. The third kappa shape index (κ3) is 2.37. The van der Waals surface area contributed by atoms with Crippen LogP contribution in [0.1, 0.15) is 11.3 Å². The Morgan fingerprint density at radius 1 is 0.864 bits per heavy atom. The van der Waals surface area contributed by atoms with Crippen LogP contribution in [0.15, 0.2) is 77.7 Å². The maximum atomic E-state index is 5.64. The van der Waals surface area contributed by atoms with Gasteiger partial charge in [-0.3, -0.25) is 4.98 Å². The molecule has 4 aromatic rings. The highest BCUT2D eigenvalue weighted by Crippen LogP contribution is 2.29. The monoisotopic (exact) mass is 286 g/mol. The summed E-state index contributed by atoms with van der Waals surface area (Å²) in [5.74, 6) is 0. The number of hydrogen-bond acceptors (Lipinski definition) is 3. The van der Waals surface area contributed by atoms with Gasteiger partial charge in [-0.1, -0.05) is 30.3 Å². The van der Waals surface area contributed by atoms with E-state index in [1.165, 1.54) is 5.56 Å². The quantitative estimate of drug-likeness (QED) is 0.557. The summed E-state index contributed by atoms with van der Waals surface area (Å²) in [5.41, 5.74) is 6.11. The zero-order valence-corrected chi connectivity index (χ0v) is 11.9. The molecule has 1 aromatic carbocycles. The molecule has 4 rings (SSSR count). The molecule has 0 aliphatic carbocycles. The average molecular weight is 286 g/mol. The summed E-state index contributed by atoms with van der Waals surface area (Å²) in [7, 11) is 0. The molecular weight excluding hydrogens is 272 g/mol. The summed E-state index contributed by atoms with van der Waals surface area (Å²) in [6, 6.07) is 18.2. The fourth-order valence-electron chi connectivity index (χ4n) is 2.58. The van der Waals surface area contributed by atoms with Crippen LogP contribution in [0, 0.1) is 0 Å². The van der Waals surface area contributed by atoms with E-state index >= 15 is 0 Å². The molecule has 3 aromatic heterocycles. The van der Waals surface area contributed by atoms with Crippen molar-refractivity contribution in [3.8, 4) is 11.1 Å². The minimum atomic E-state index is 0.790. The van der Waals surface area contributed by atoms with Gasteiger partial charge in [-0.15, -0.1) is 0 Å². The number of aromatic nitrogens is 2. The molecule has 0 amide bonds. The summed E-state index contributed by atoms with van der Waals surface area (Å²) in [6.07, 6.45) is 6.18.